The number of pyridine rings is 1. The van der Waals surface area contributed by atoms with E-state index >= 15 is 0 Å². The molecule has 2 aliphatic rings. The molecule has 3 heterocycles. The van der Waals surface area contributed by atoms with Crippen LogP contribution >= 0.6 is 11.6 Å². The fourth-order valence-electron chi connectivity index (χ4n) is 4.61. The van der Waals surface area contributed by atoms with Crippen molar-refractivity contribution >= 4 is 29.2 Å². The van der Waals surface area contributed by atoms with E-state index in [0.29, 0.717) is 23.2 Å². The number of anilines is 1. The molecule has 1 fully saturated rings. The second-order valence-electron chi connectivity index (χ2n) is 8.63. The summed E-state index contributed by atoms with van der Waals surface area (Å²) in [6.07, 6.45) is 8.84. The van der Waals surface area contributed by atoms with Crippen molar-refractivity contribution in [3.63, 3.8) is 0 Å². The Labute approximate surface area is 181 Å². The van der Waals surface area contributed by atoms with E-state index < -0.39 is 0 Å². The van der Waals surface area contributed by atoms with Crippen molar-refractivity contribution in [3.8, 4) is 11.1 Å². The van der Waals surface area contributed by atoms with E-state index in [1.54, 1.807) is 6.20 Å². The first-order valence-corrected chi connectivity index (χ1v) is 11.1. The molecule has 1 unspecified atom stereocenters. The zero-order valence-electron chi connectivity index (χ0n) is 17.4. The van der Waals surface area contributed by atoms with Gasteiger partial charge in [0.25, 0.3) is 0 Å². The van der Waals surface area contributed by atoms with E-state index in [4.69, 9.17) is 11.6 Å². The molecule has 0 saturated heterocycles. The summed E-state index contributed by atoms with van der Waals surface area (Å²) in [6.45, 7) is 4.68. The molecule has 0 radical (unpaired) electrons. The maximum Gasteiger partial charge on any atom is 0.228 e. The van der Waals surface area contributed by atoms with Gasteiger partial charge in [0, 0.05) is 48.4 Å². The van der Waals surface area contributed by atoms with Crippen LogP contribution < -0.4 is 10.6 Å². The monoisotopic (exact) mass is 429 g/mol. The summed E-state index contributed by atoms with van der Waals surface area (Å²) >= 11 is 6.47. The van der Waals surface area contributed by atoms with Crippen LogP contribution in [-0.4, -0.2) is 32.6 Å². The molecule has 1 saturated carbocycles. The van der Waals surface area contributed by atoms with Crippen molar-refractivity contribution in [2.45, 2.75) is 65.0 Å². The maximum absolute atomic E-state index is 12.8. The fraction of sp³-hybridized carbons (Fsp3) is 0.545. The Hall–Kier alpha value is -2.41. The molecule has 7 nitrogen and oxygen atoms in total. The second kappa shape index (κ2) is 8.76. The fourth-order valence-corrected chi connectivity index (χ4v) is 4.81. The van der Waals surface area contributed by atoms with E-state index in [-0.39, 0.29) is 23.8 Å². The van der Waals surface area contributed by atoms with Crippen molar-refractivity contribution in [1.29, 1.82) is 0 Å². The molecule has 3 atom stereocenters. The Morgan fingerprint density at radius 2 is 2.03 bits per heavy atom. The highest BCUT2D eigenvalue weighted by atomic mass is 35.5. The first-order chi connectivity index (χ1) is 14.4. The number of nitrogens with one attached hydrogen (secondary N) is 2. The molecule has 2 N–H and O–H groups in total. The lowest BCUT2D eigenvalue weighted by Crippen LogP contribution is -2.40. The zero-order valence-corrected chi connectivity index (χ0v) is 18.2. The van der Waals surface area contributed by atoms with Gasteiger partial charge in [-0.05, 0) is 44.1 Å². The van der Waals surface area contributed by atoms with Gasteiger partial charge in [-0.3, -0.25) is 14.3 Å². The van der Waals surface area contributed by atoms with Gasteiger partial charge in [0.2, 0.25) is 11.8 Å². The largest absolute Gasteiger partial charge is 0.354 e. The molecule has 160 valence electrons. The molecular formula is C22H28ClN5O2. The summed E-state index contributed by atoms with van der Waals surface area (Å²) in [4.78, 5) is 28.5. The number of amides is 2. The second-order valence-corrected chi connectivity index (χ2v) is 9.03. The highest BCUT2D eigenvalue weighted by molar-refractivity contribution is 6.33. The van der Waals surface area contributed by atoms with Gasteiger partial charge in [0.15, 0.2) is 0 Å². The van der Waals surface area contributed by atoms with Crippen LogP contribution in [-0.2, 0) is 22.6 Å². The van der Waals surface area contributed by atoms with Gasteiger partial charge >= 0.3 is 0 Å². The number of aryl methyl sites for hydroxylation is 1. The normalized spacial score (nSPS) is 23.5. The van der Waals surface area contributed by atoms with Crippen LogP contribution in [0.3, 0.4) is 0 Å². The average molecular weight is 430 g/mol. The SMILES string of the molecule is CC(=O)N[C@@H]1CCC[C@@H](C(=O)Nc2cc(-c3cnn4c3CC(C)CC4)c(Cl)cn2)C1. The minimum Gasteiger partial charge on any atom is -0.354 e. The third kappa shape index (κ3) is 4.51. The van der Waals surface area contributed by atoms with Crippen LogP contribution in [0.5, 0.6) is 0 Å². The molecule has 0 spiro atoms. The van der Waals surface area contributed by atoms with Crippen LogP contribution in [0.25, 0.3) is 11.1 Å². The van der Waals surface area contributed by atoms with Crippen molar-refractivity contribution in [2.75, 3.05) is 5.32 Å². The molecular weight excluding hydrogens is 402 g/mol. The van der Waals surface area contributed by atoms with E-state index in [2.05, 4.69) is 32.3 Å². The summed E-state index contributed by atoms with van der Waals surface area (Å²) in [5, 5.41) is 11.0. The quantitative estimate of drug-likeness (QED) is 0.773. The molecule has 0 aromatic carbocycles. The minimum atomic E-state index is -0.138. The summed E-state index contributed by atoms with van der Waals surface area (Å²) < 4.78 is 2.05. The number of fused-ring (bicyclic) bond motifs is 1. The molecule has 1 aliphatic heterocycles. The molecule has 8 heteroatoms. The highest BCUT2D eigenvalue weighted by Gasteiger charge is 2.28. The van der Waals surface area contributed by atoms with Crippen LogP contribution in [0.15, 0.2) is 18.5 Å². The molecule has 30 heavy (non-hydrogen) atoms. The third-order valence-electron chi connectivity index (χ3n) is 6.17. The summed E-state index contributed by atoms with van der Waals surface area (Å²) in [5.74, 6) is 0.849. The molecule has 0 bridgehead atoms. The third-order valence-corrected chi connectivity index (χ3v) is 6.47. The van der Waals surface area contributed by atoms with Gasteiger partial charge in [0.05, 0.1) is 11.2 Å². The summed E-state index contributed by atoms with van der Waals surface area (Å²) in [6, 6.07) is 1.90. The van der Waals surface area contributed by atoms with Crippen LogP contribution in [0.2, 0.25) is 5.02 Å². The molecule has 2 amide bonds. The Kier molecular flexibility index (Phi) is 6.09. The topological polar surface area (TPSA) is 88.9 Å². The van der Waals surface area contributed by atoms with Crippen molar-refractivity contribution < 1.29 is 9.59 Å². The number of hydrogen-bond acceptors (Lipinski definition) is 4. The number of carbonyl (C=O) groups is 2. The Morgan fingerprint density at radius 1 is 1.20 bits per heavy atom. The van der Waals surface area contributed by atoms with E-state index in [0.717, 1.165) is 49.8 Å². The van der Waals surface area contributed by atoms with E-state index in [9.17, 15) is 9.59 Å². The molecule has 4 rings (SSSR count). The maximum atomic E-state index is 12.8. The number of halogens is 1. The van der Waals surface area contributed by atoms with Gasteiger partial charge < -0.3 is 10.6 Å². The van der Waals surface area contributed by atoms with Crippen molar-refractivity contribution in [2.24, 2.45) is 11.8 Å². The number of hydrogen-bond donors (Lipinski definition) is 2. The predicted molar refractivity (Wildman–Crippen MR) is 116 cm³/mol. The number of nitrogens with zero attached hydrogens (tertiary/aromatic N) is 3. The standard InChI is InChI=1S/C22H28ClN5O2/c1-13-6-7-28-20(8-13)18(11-25-28)17-10-21(24-12-19(17)23)27-22(30)15-4-3-5-16(9-15)26-14(2)29/h10-13,15-16H,3-9H2,1-2H3,(H,26,29)(H,24,27,30)/t13?,15-,16-/m1/s1. The average Bonchev–Trinajstić information content (AvgIpc) is 3.12. The lowest BCUT2D eigenvalue weighted by Gasteiger charge is -2.28. The first kappa shape index (κ1) is 20.8. The molecule has 1 aliphatic carbocycles. The van der Waals surface area contributed by atoms with Crippen molar-refractivity contribution in [1.82, 2.24) is 20.1 Å². The van der Waals surface area contributed by atoms with E-state index in [1.165, 1.54) is 12.6 Å². The number of rotatable bonds is 4. The van der Waals surface area contributed by atoms with Crippen molar-refractivity contribution in [3.05, 3.63) is 29.2 Å². The smallest absolute Gasteiger partial charge is 0.228 e. The van der Waals surface area contributed by atoms with Gasteiger partial charge in [-0.25, -0.2) is 4.98 Å². The Bertz CT molecular complexity index is 957. The minimum absolute atomic E-state index is 0.0519. The van der Waals surface area contributed by atoms with Crippen LogP contribution in [0.4, 0.5) is 5.82 Å². The van der Waals surface area contributed by atoms with Crippen LogP contribution in [0, 0.1) is 11.8 Å². The zero-order chi connectivity index (χ0) is 21.3. The highest BCUT2D eigenvalue weighted by Crippen LogP contribution is 2.35. The summed E-state index contributed by atoms with van der Waals surface area (Å²) in [7, 11) is 0. The Morgan fingerprint density at radius 3 is 2.83 bits per heavy atom. The van der Waals surface area contributed by atoms with E-state index in [1.807, 2.05) is 12.3 Å². The first-order valence-electron chi connectivity index (χ1n) is 10.7. The lowest BCUT2D eigenvalue weighted by molar-refractivity contribution is -0.123. The number of aromatic nitrogens is 3. The Balaban J connectivity index is 1.51. The molecule has 2 aromatic rings. The van der Waals surface area contributed by atoms with Crippen LogP contribution in [0.1, 0.15) is 51.6 Å². The molecule has 2 aromatic heterocycles. The summed E-state index contributed by atoms with van der Waals surface area (Å²) in [5.41, 5.74) is 3.04. The van der Waals surface area contributed by atoms with Gasteiger partial charge in [-0.15, -0.1) is 0 Å². The van der Waals surface area contributed by atoms with Gasteiger partial charge in [0.1, 0.15) is 5.82 Å². The number of carbonyl (C=O) groups excluding carboxylic acids is 2. The predicted octanol–water partition coefficient (Wildman–Crippen LogP) is 3.81. The van der Waals surface area contributed by atoms with Gasteiger partial charge in [-0.2, -0.15) is 5.10 Å². The lowest BCUT2D eigenvalue weighted by atomic mass is 9.85. The van der Waals surface area contributed by atoms with Gasteiger partial charge in [-0.1, -0.05) is 24.9 Å².